The van der Waals surface area contributed by atoms with E-state index < -0.39 is 5.97 Å². The highest BCUT2D eigenvalue weighted by molar-refractivity contribution is 9.10. The number of fused-ring (bicyclic) bond motifs is 1. The smallest absolute Gasteiger partial charge is 0.355 e. The highest BCUT2D eigenvalue weighted by Gasteiger charge is 2.14. The van der Waals surface area contributed by atoms with Crippen LogP contribution in [-0.2, 0) is 0 Å². The fraction of sp³-hybridized carbons (Fsp3) is 0. The minimum absolute atomic E-state index is 0.0770. The Hall–Kier alpha value is -1.20. The van der Waals surface area contributed by atoms with Gasteiger partial charge in [0, 0.05) is 9.86 Å². The second-order valence-electron chi connectivity index (χ2n) is 2.78. The average Bonchev–Trinajstić information content (AvgIpc) is 2.18. The molecule has 6 heteroatoms. The van der Waals surface area contributed by atoms with Crippen LogP contribution in [0.25, 0.3) is 10.9 Å². The van der Waals surface area contributed by atoms with Crippen LogP contribution < -0.4 is 0 Å². The van der Waals surface area contributed by atoms with Gasteiger partial charge in [-0.15, -0.1) is 0 Å². The number of aromatic nitrogens is 2. The molecule has 1 aromatic heterocycles. The Labute approximate surface area is 98.0 Å². The van der Waals surface area contributed by atoms with Gasteiger partial charge in [0.15, 0.2) is 5.69 Å². The minimum atomic E-state index is -1.12. The molecular weight excluding hydrogens is 283 g/mol. The van der Waals surface area contributed by atoms with Gasteiger partial charge in [-0.2, -0.15) is 0 Å². The summed E-state index contributed by atoms with van der Waals surface area (Å²) >= 11 is 8.91. The van der Waals surface area contributed by atoms with Crippen LogP contribution in [0.15, 0.2) is 22.7 Å². The molecule has 1 N–H and O–H groups in total. The van der Waals surface area contributed by atoms with Gasteiger partial charge in [0.1, 0.15) is 0 Å². The predicted molar refractivity (Wildman–Crippen MR) is 59.2 cm³/mol. The van der Waals surface area contributed by atoms with Crippen LogP contribution in [-0.4, -0.2) is 21.0 Å². The summed E-state index contributed by atoms with van der Waals surface area (Å²) in [6.07, 6.45) is 0. The van der Waals surface area contributed by atoms with E-state index in [9.17, 15) is 4.79 Å². The lowest BCUT2D eigenvalue weighted by atomic mass is 10.2. The van der Waals surface area contributed by atoms with Crippen LogP contribution in [0.5, 0.6) is 0 Å². The molecule has 1 aromatic carbocycles. The van der Waals surface area contributed by atoms with E-state index in [1.165, 1.54) is 0 Å². The molecule has 0 saturated heterocycles. The maximum Gasteiger partial charge on any atom is 0.355 e. The zero-order valence-corrected chi connectivity index (χ0v) is 9.58. The van der Waals surface area contributed by atoms with Crippen LogP contribution in [0, 0.1) is 0 Å². The molecule has 2 aromatic rings. The molecular formula is C9H4BrClN2O2. The average molecular weight is 288 g/mol. The van der Waals surface area contributed by atoms with Gasteiger partial charge >= 0.3 is 5.97 Å². The summed E-state index contributed by atoms with van der Waals surface area (Å²) in [4.78, 5) is 18.6. The molecule has 0 amide bonds. The van der Waals surface area contributed by atoms with E-state index in [4.69, 9.17) is 16.7 Å². The summed E-state index contributed by atoms with van der Waals surface area (Å²) in [6, 6.07) is 5.12. The number of para-hydroxylation sites is 1. The number of rotatable bonds is 1. The Bertz CT molecular complexity index is 559. The Kier molecular flexibility index (Phi) is 2.58. The van der Waals surface area contributed by atoms with Crippen molar-refractivity contribution in [1.82, 2.24) is 9.97 Å². The maximum atomic E-state index is 10.9. The Balaban J connectivity index is 2.92. The van der Waals surface area contributed by atoms with E-state index in [1.54, 1.807) is 18.2 Å². The maximum absolute atomic E-state index is 10.9. The Morgan fingerprint density at radius 2 is 2.13 bits per heavy atom. The molecule has 0 saturated carbocycles. The number of hydrogen-bond acceptors (Lipinski definition) is 3. The van der Waals surface area contributed by atoms with E-state index in [2.05, 4.69) is 25.9 Å². The van der Waals surface area contributed by atoms with Crippen LogP contribution in [0.1, 0.15) is 10.5 Å². The number of hydrogen-bond donors (Lipinski definition) is 1. The lowest BCUT2D eigenvalue weighted by Gasteiger charge is -2.03. The van der Waals surface area contributed by atoms with Gasteiger partial charge in [0.2, 0.25) is 5.28 Å². The van der Waals surface area contributed by atoms with Crippen LogP contribution in [0.2, 0.25) is 5.28 Å². The van der Waals surface area contributed by atoms with Crippen molar-refractivity contribution in [3.63, 3.8) is 0 Å². The molecule has 15 heavy (non-hydrogen) atoms. The summed E-state index contributed by atoms with van der Waals surface area (Å²) in [5.41, 5.74) is 0.404. The van der Waals surface area contributed by atoms with Crippen molar-refractivity contribution in [3.05, 3.63) is 33.6 Å². The van der Waals surface area contributed by atoms with Crippen molar-refractivity contribution in [2.75, 3.05) is 0 Å². The highest BCUT2D eigenvalue weighted by atomic mass is 79.9. The largest absolute Gasteiger partial charge is 0.476 e. The van der Waals surface area contributed by atoms with Crippen molar-refractivity contribution in [1.29, 1.82) is 0 Å². The molecule has 0 radical (unpaired) electrons. The predicted octanol–water partition coefficient (Wildman–Crippen LogP) is 2.74. The molecule has 0 atom stereocenters. The zero-order chi connectivity index (χ0) is 11.0. The molecule has 4 nitrogen and oxygen atoms in total. The lowest BCUT2D eigenvalue weighted by molar-refractivity contribution is 0.0692. The summed E-state index contributed by atoms with van der Waals surface area (Å²) in [5.74, 6) is -1.12. The monoisotopic (exact) mass is 286 g/mol. The first-order chi connectivity index (χ1) is 7.09. The zero-order valence-electron chi connectivity index (χ0n) is 7.24. The first kappa shape index (κ1) is 10.3. The second kappa shape index (κ2) is 3.75. The van der Waals surface area contributed by atoms with E-state index in [0.717, 1.165) is 0 Å². The Morgan fingerprint density at radius 3 is 2.80 bits per heavy atom. The third-order valence-electron chi connectivity index (χ3n) is 1.85. The molecule has 0 aliphatic heterocycles. The molecule has 76 valence electrons. The molecule has 0 aliphatic carbocycles. The SMILES string of the molecule is O=C(O)c1nc(Cl)nc2c(Br)cccc12. The third-order valence-corrected chi connectivity index (χ3v) is 2.66. The molecule has 0 aliphatic rings. The molecule has 0 fully saturated rings. The van der Waals surface area contributed by atoms with Crippen molar-refractivity contribution in [3.8, 4) is 0 Å². The highest BCUT2D eigenvalue weighted by Crippen LogP contribution is 2.25. The molecule has 2 rings (SSSR count). The first-order valence-electron chi connectivity index (χ1n) is 3.94. The molecule has 0 bridgehead atoms. The van der Waals surface area contributed by atoms with Gasteiger partial charge in [-0.25, -0.2) is 14.8 Å². The number of nitrogens with zero attached hydrogens (tertiary/aromatic N) is 2. The van der Waals surface area contributed by atoms with Gasteiger partial charge < -0.3 is 5.11 Å². The molecule has 0 spiro atoms. The van der Waals surface area contributed by atoms with Crippen molar-refractivity contribution in [2.45, 2.75) is 0 Å². The number of carbonyl (C=O) groups is 1. The summed E-state index contributed by atoms with van der Waals surface area (Å²) in [5, 5.41) is 9.32. The van der Waals surface area contributed by atoms with Gasteiger partial charge in [-0.3, -0.25) is 0 Å². The van der Waals surface area contributed by atoms with Crippen LogP contribution >= 0.6 is 27.5 Å². The van der Waals surface area contributed by atoms with Gasteiger partial charge in [-0.05, 0) is 33.6 Å². The number of halogens is 2. The quantitative estimate of drug-likeness (QED) is 0.819. The number of benzene rings is 1. The number of aromatic carboxylic acids is 1. The standard InChI is InChI=1S/C9H4BrClN2O2/c10-5-3-1-2-4-6(5)12-9(11)13-7(4)8(14)15/h1-3H,(H,14,15). The third kappa shape index (κ3) is 1.80. The fourth-order valence-electron chi connectivity index (χ4n) is 1.25. The van der Waals surface area contributed by atoms with Gasteiger partial charge in [0.25, 0.3) is 0 Å². The van der Waals surface area contributed by atoms with E-state index in [1.807, 2.05) is 0 Å². The summed E-state index contributed by atoms with van der Waals surface area (Å²) < 4.78 is 0.687. The fourth-order valence-corrected chi connectivity index (χ4v) is 1.88. The Morgan fingerprint density at radius 1 is 1.40 bits per heavy atom. The first-order valence-corrected chi connectivity index (χ1v) is 5.12. The van der Waals surface area contributed by atoms with Crippen molar-refractivity contribution < 1.29 is 9.90 Å². The van der Waals surface area contributed by atoms with E-state index in [-0.39, 0.29) is 11.0 Å². The second-order valence-corrected chi connectivity index (χ2v) is 3.97. The van der Waals surface area contributed by atoms with E-state index in [0.29, 0.717) is 15.4 Å². The van der Waals surface area contributed by atoms with E-state index >= 15 is 0 Å². The number of carboxylic acids is 1. The summed E-state index contributed by atoms with van der Waals surface area (Å²) in [6.45, 7) is 0. The number of carboxylic acid groups (broad SMARTS) is 1. The lowest BCUT2D eigenvalue weighted by Crippen LogP contribution is -2.03. The van der Waals surface area contributed by atoms with Crippen LogP contribution in [0.4, 0.5) is 0 Å². The molecule has 1 heterocycles. The normalized spacial score (nSPS) is 10.5. The minimum Gasteiger partial charge on any atom is -0.476 e. The van der Waals surface area contributed by atoms with Gasteiger partial charge in [-0.1, -0.05) is 12.1 Å². The topological polar surface area (TPSA) is 63.1 Å². The van der Waals surface area contributed by atoms with Crippen LogP contribution in [0.3, 0.4) is 0 Å². The van der Waals surface area contributed by atoms with Gasteiger partial charge in [0.05, 0.1) is 5.52 Å². The summed E-state index contributed by atoms with van der Waals surface area (Å²) in [7, 11) is 0. The van der Waals surface area contributed by atoms with Crippen molar-refractivity contribution in [2.24, 2.45) is 0 Å². The van der Waals surface area contributed by atoms with Crippen molar-refractivity contribution >= 4 is 44.4 Å². The molecule has 0 unspecified atom stereocenters.